The van der Waals surface area contributed by atoms with Gasteiger partial charge < -0.3 is 5.32 Å². The van der Waals surface area contributed by atoms with E-state index < -0.39 is 0 Å². The Balaban J connectivity index is 1.75. The van der Waals surface area contributed by atoms with E-state index in [9.17, 15) is 0 Å². The van der Waals surface area contributed by atoms with Gasteiger partial charge >= 0.3 is 0 Å². The maximum Gasteiger partial charge on any atom is 0.0177 e. The lowest BCUT2D eigenvalue weighted by molar-refractivity contribution is 0.0736. The minimum Gasteiger partial charge on any atom is -0.310 e. The van der Waals surface area contributed by atoms with Crippen molar-refractivity contribution in [1.29, 1.82) is 0 Å². The van der Waals surface area contributed by atoms with Crippen LogP contribution in [0.15, 0.2) is 0 Å². The lowest BCUT2D eigenvalue weighted by atomic mass is 9.67. The van der Waals surface area contributed by atoms with Gasteiger partial charge in [0.05, 0.1) is 0 Å². The molecule has 4 unspecified atom stereocenters. The molecule has 0 aromatic carbocycles. The van der Waals surface area contributed by atoms with Gasteiger partial charge in [0, 0.05) is 12.1 Å². The first-order valence-electron chi connectivity index (χ1n) is 8.60. The summed E-state index contributed by atoms with van der Waals surface area (Å²) in [5.74, 6) is 2.72. The fourth-order valence-electron chi connectivity index (χ4n) is 5.75. The van der Waals surface area contributed by atoms with E-state index in [2.05, 4.69) is 39.9 Å². The van der Waals surface area contributed by atoms with Crippen LogP contribution in [0.5, 0.6) is 0 Å². The van der Waals surface area contributed by atoms with E-state index in [1.807, 2.05) is 0 Å². The molecular formula is C18H33N. The zero-order chi connectivity index (χ0) is 13.8. The summed E-state index contributed by atoms with van der Waals surface area (Å²) in [6.45, 7) is 12.5. The Morgan fingerprint density at radius 2 is 1.74 bits per heavy atom. The van der Waals surface area contributed by atoms with Crippen LogP contribution in [0.2, 0.25) is 0 Å². The Bertz CT molecular complexity index is 343. The van der Waals surface area contributed by atoms with Crippen molar-refractivity contribution < 1.29 is 0 Å². The van der Waals surface area contributed by atoms with Gasteiger partial charge in [0.15, 0.2) is 0 Å². The molecule has 19 heavy (non-hydrogen) atoms. The van der Waals surface area contributed by atoms with Crippen LogP contribution in [0.25, 0.3) is 0 Å². The van der Waals surface area contributed by atoms with E-state index in [0.717, 1.165) is 29.8 Å². The van der Waals surface area contributed by atoms with Crippen LogP contribution in [-0.4, -0.2) is 12.1 Å². The van der Waals surface area contributed by atoms with Crippen LogP contribution in [0, 0.1) is 28.6 Å². The Kier molecular flexibility index (Phi) is 3.28. The summed E-state index contributed by atoms with van der Waals surface area (Å²) in [6, 6.07) is 1.51. The van der Waals surface area contributed by atoms with Crippen molar-refractivity contribution in [3.8, 4) is 0 Å². The minimum absolute atomic E-state index is 0.507. The number of hydrogen-bond donors (Lipinski definition) is 1. The minimum atomic E-state index is 0.507. The van der Waals surface area contributed by atoms with E-state index in [1.54, 1.807) is 0 Å². The SMILES string of the molecule is CC1CCCC(NC2C(C)(C)[C@H]3CC[C@]2(C)C3)C1C. The molecule has 0 spiro atoms. The van der Waals surface area contributed by atoms with Crippen molar-refractivity contribution >= 4 is 0 Å². The number of hydrogen-bond acceptors (Lipinski definition) is 1. The molecule has 3 saturated carbocycles. The average molecular weight is 263 g/mol. The van der Waals surface area contributed by atoms with Crippen LogP contribution in [-0.2, 0) is 0 Å². The van der Waals surface area contributed by atoms with E-state index >= 15 is 0 Å². The monoisotopic (exact) mass is 263 g/mol. The molecule has 3 rings (SSSR count). The largest absolute Gasteiger partial charge is 0.310 e. The summed E-state index contributed by atoms with van der Waals surface area (Å²) in [4.78, 5) is 0. The molecule has 3 aliphatic rings. The predicted octanol–water partition coefficient (Wildman–Crippen LogP) is 4.62. The van der Waals surface area contributed by atoms with Gasteiger partial charge in [-0.25, -0.2) is 0 Å². The van der Waals surface area contributed by atoms with Crippen molar-refractivity contribution in [2.45, 2.75) is 85.2 Å². The van der Waals surface area contributed by atoms with Crippen LogP contribution in [0.4, 0.5) is 0 Å². The molecule has 1 N–H and O–H groups in total. The maximum absolute atomic E-state index is 4.16. The van der Waals surface area contributed by atoms with Gasteiger partial charge in [-0.2, -0.15) is 0 Å². The van der Waals surface area contributed by atoms with Crippen molar-refractivity contribution in [2.75, 3.05) is 0 Å². The highest BCUT2D eigenvalue weighted by Crippen LogP contribution is 2.62. The number of rotatable bonds is 2. The lowest BCUT2D eigenvalue weighted by Gasteiger charge is -2.47. The highest BCUT2D eigenvalue weighted by Gasteiger charge is 2.59. The maximum atomic E-state index is 4.16. The van der Waals surface area contributed by atoms with Crippen LogP contribution < -0.4 is 5.32 Å². The predicted molar refractivity (Wildman–Crippen MR) is 82.1 cm³/mol. The molecule has 3 fully saturated rings. The molecule has 1 heteroatoms. The van der Waals surface area contributed by atoms with Gasteiger partial charge in [-0.1, -0.05) is 47.5 Å². The number of nitrogens with one attached hydrogen (secondary N) is 1. The molecule has 0 heterocycles. The van der Waals surface area contributed by atoms with E-state index in [0.29, 0.717) is 10.8 Å². The summed E-state index contributed by atoms with van der Waals surface area (Å²) in [5, 5.41) is 4.16. The molecule has 3 aliphatic carbocycles. The topological polar surface area (TPSA) is 12.0 Å². The van der Waals surface area contributed by atoms with Gasteiger partial charge in [0.2, 0.25) is 0 Å². The second kappa shape index (κ2) is 4.48. The van der Waals surface area contributed by atoms with Crippen LogP contribution in [0.1, 0.15) is 73.1 Å². The van der Waals surface area contributed by atoms with E-state index in [1.165, 1.54) is 38.5 Å². The Hall–Kier alpha value is -0.0400. The van der Waals surface area contributed by atoms with Gasteiger partial charge in [-0.05, 0) is 54.3 Å². The van der Waals surface area contributed by atoms with Crippen LogP contribution >= 0.6 is 0 Å². The summed E-state index contributed by atoms with van der Waals surface area (Å²) < 4.78 is 0. The zero-order valence-corrected chi connectivity index (χ0v) is 13.6. The Morgan fingerprint density at radius 1 is 1.00 bits per heavy atom. The van der Waals surface area contributed by atoms with Crippen molar-refractivity contribution in [3.63, 3.8) is 0 Å². The first-order chi connectivity index (χ1) is 8.84. The third-order valence-electron chi connectivity index (χ3n) is 7.36. The molecule has 0 saturated heterocycles. The van der Waals surface area contributed by atoms with Crippen molar-refractivity contribution in [3.05, 3.63) is 0 Å². The molecule has 0 aromatic rings. The standard InChI is InChI=1S/C18H33N/c1-12-7-6-8-15(13(12)2)19-16-17(3,4)14-9-10-18(16,5)11-14/h12-16,19H,6-11H2,1-5H3/t12?,13?,14-,15?,16?,18+/m0/s1. The molecule has 2 bridgehead atoms. The molecule has 1 nitrogen and oxygen atoms in total. The molecular weight excluding hydrogens is 230 g/mol. The highest BCUT2D eigenvalue weighted by atomic mass is 15.0. The van der Waals surface area contributed by atoms with Gasteiger partial charge in [0.1, 0.15) is 0 Å². The summed E-state index contributed by atoms with van der Waals surface area (Å²) in [5.41, 5.74) is 1.09. The Morgan fingerprint density at radius 3 is 2.37 bits per heavy atom. The molecule has 6 atom stereocenters. The van der Waals surface area contributed by atoms with Gasteiger partial charge in [-0.15, -0.1) is 0 Å². The van der Waals surface area contributed by atoms with E-state index in [-0.39, 0.29) is 0 Å². The summed E-state index contributed by atoms with van der Waals surface area (Å²) in [7, 11) is 0. The third-order valence-corrected chi connectivity index (χ3v) is 7.36. The zero-order valence-electron chi connectivity index (χ0n) is 13.6. The average Bonchev–Trinajstić information content (AvgIpc) is 2.81. The normalized spacial score (nSPS) is 52.6. The summed E-state index contributed by atoms with van der Waals surface area (Å²) in [6.07, 6.45) is 8.66. The second-order valence-corrected chi connectivity index (χ2v) is 8.89. The first-order valence-corrected chi connectivity index (χ1v) is 8.60. The highest BCUT2D eigenvalue weighted by molar-refractivity contribution is 5.12. The summed E-state index contributed by atoms with van der Waals surface area (Å²) >= 11 is 0. The second-order valence-electron chi connectivity index (χ2n) is 8.89. The molecule has 0 aromatic heterocycles. The van der Waals surface area contributed by atoms with Crippen molar-refractivity contribution in [1.82, 2.24) is 5.32 Å². The molecule has 0 amide bonds. The smallest absolute Gasteiger partial charge is 0.0177 e. The molecule has 110 valence electrons. The quantitative estimate of drug-likeness (QED) is 0.767. The Labute approximate surface area is 119 Å². The van der Waals surface area contributed by atoms with Gasteiger partial charge in [-0.3, -0.25) is 0 Å². The van der Waals surface area contributed by atoms with Crippen molar-refractivity contribution in [2.24, 2.45) is 28.6 Å². The van der Waals surface area contributed by atoms with Crippen LogP contribution in [0.3, 0.4) is 0 Å². The molecule has 0 radical (unpaired) electrons. The fourth-order valence-corrected chi connectivity index (χ4v) is 5.75. The third kappa shape index (κ3) is 2.07. The number of fused-ring (bicyclic) bond motifs is 2. The fraction of sp³-hybridized carbons (Fsp3) is 1.00. The lowest BCUT2D eigenvalue weighted by Crippen LogP contribution is -2.56. The van der Waals surface area contributed by atoms with E-state index in [4.69, 9.17) is 0 Å². The van der Waals surface area contributed by atoms with Gasteiger partial charge in [0.25, 0.3) is 0 Å². The molecule has 0 aliphatic heterocycles. The first kappa shape index (κ1) is 13.9.